The number of aromatic nitrogens is 2. The predicted molar refractivity (Wildman–Crippen MR) is 79.0 cm³/mol. The molecule has 0 saturated carbocycles. The third-order valence-electron chi connectivity index (χ3n) is 3.53. The molecule has 0 saturated heterocycles. The Bertz CT molecular complexity index is 532. The van der Waals surface area contributed by atoms with Gasteiger partial charge in [0.1, 0.15) is 5.82 Å². The number of hydrogen-bond donors (Lipinski definition) is 1. The Hall–Kier alpha value is -1.61. The first-order valence-corrected chi connectivity index (χ1v) is 6.70. The summed E-state index contributed by atoms with van der Waals surface area (Å²) in [4.78, 5) is 4.32. The summed E-state index contributed by atoms with van der Waals surface area (Å²) < 4.78 is 2.02. The van der Waals surface area contributed by atoms with E-state index in [-0.39, 0.29) is 11.5 Å². The third kappa shape index (κ3) is 3.24. The minimum absolute atomic E-state index is 0.00452. The second kappa shape index (κ2) is 5.17. The van der Waals surface area contributed by atoms with Gasteiger partial charge in [-0.3, -0.25) is 0 Å². The molecule has 0 spiro atoms. The van der Waals surface area contributed by atoms with Crippen molar-refractivity contribution in [2.24, 2.45) is 12.8 Å². The summed E-state index contributed by atoms with van der Waals surface area (Å²) in [7, 11) is 2.00. The normalized spacial score (nSPS) is 13.5. The molecule has 1 aromatic carbocycles. The van der Waals surface area contributed by atoms with Gasteiger partial charge in [-0.2, -0.15) is 0 Å². The molecular weight excluding hydrogens is 234 g/mol. The van der Waals surface area contributed by atoms with E-state index in [4.69, 9.17) is 5.73 Å². The maximum atomic E-state index is 6.26. The molecule has 2 rings (SSSR count). The molecule has 1 aromatic heterocycles. The van der Waals surface area contributed by atoms with Crippen LogP contribution >= 0.6 is 0 Å². The lowest BCUT2D eigenvalue weighted by molar-refractivity contribution is 0.588. The van der Waals surface area contributed by atoms with Crippen LogP contribution in [0.4, 0.5) is 0 Å². The van der Waals surface area contributed by atoms with Crippen LogP contribution in [0.2, 0.25) is 0 Å². The summed E-state index contributed by atoms with van der Waals surface area (Å²) in [5.41, 5.74) is 8.94. The van der Waals surface area contributed by atoms with Crippen molar-refractivity contribution in [1.82, 2.24) is 9.55 Å². The second-order valence-corrected chi connectivity index (χ2v) is 6.14. The van der Waals surface area contributed by atoms with Crippen LogP contribution in [-0.2, 0) is 18.9 Å². The van der Waals surface area contributed by atoms with Crippen LogP contribution in [-0.4, -0.2) is 9.55 Å². The van der Waals surface area contributed by atoms with Gasteiger partial charge in [-0.05, 0) is 16.5 Å². The largest absolute Gasteiger partial charge is 0.338 e. The van der Waals surface area contributed by atoms with Crippen molar-refractivity contribution in [3.8, 4) is 0 Å². The molecule has 2 aromatic rings. The van der Waals surface area contributed by atoms with Crippen LogP contribution in [0.25, 0.3) is 0 Å². The van der Waals surface area contributed by atoms with Gasteiger partial charge < -0.3 is 10.3 Å². The topological polar surface area (TPSA) is 43.8 Å². The van der Waals surface area contributed by atoms with Crippen LogP contribution in [0.15, 0.2) is 36.7 Å². The second-order valence-electron chi connectivity index (χ2n) is 6.14. The number of aryl methyl sites for hydroxylation is 1. The maximum Gasteiger partial charge on any atom is 0.110 e. The van der Waals surface area contributed by atoms with E-state index in [9.17, 15) is 0 Å². The minimum Gasteiger partial charge on any atom is -0.338 e. The van der Waals surface area contributed by atoms with Crippen molar-refractivity contribution in [3.63, 3.8) is 0 Å². The molecule has 0 aliphatic carbocycles. The first-order chi connectivity index (χ1) is 8.88. The van der Waals surface area contributed by atoms with Gasteiger partial charge in [0.15, 0.2) is 0 Å². The highest BCUT2D eigenvalue weighted by Crippen LogP contribution is 2.24. The first-order valence-electron chi connectivity index (χ1n) is 6.70. The molecule has 0 aliphatic rings. The molecule has 0 bridgehead atoms. The summed E-state index contributed by atoms with van der Waals surface area (Å²) in [5.74, 6) is 1.02. The average molecular weight is 257 g/mol. The number of imidazole rings is 1. The predicted octanol–water partition coefficient (Wildman–Crippen LogP) is 2.96. The van der Waals surface area contributed by atoms with E-state index >= 15 is 0 Å². The fourth-order valence-electron chi connectivity index (χ4n) is 2.14. The first kappa shape index (κ1) is 13.8. The quantitative estimate of drug-likeness (QED) is 0.918. The van der Waals surface area contributed by atoms with Crippen molar-refractivity contribution in [1.29, 1.82) is 0 Å². The zero-order chi connectivity index (χ0) is 14.0. The number of nitrogens with two attached hydrogens (primary N) is 1. The molecule has 3 nitrogen and oxygen atoms in total. The molecular formula is C16H23N3. The van der Waals surface area contributed by atoms with Gasteiger partial charge >= 0.3 is 0 Å². The number of benzene rings is 1. The van der Waals surface area contributed by atoms with Crippen LogP contribution in [0, 0.1) is 0 Å². The number of rotatable bonds is 3. The van der Waals surface area contributed by atoms with E-state index in [1.165, 1.54) is 5.56 Å². The molecule has 1 unspecified atom stereocenters. The molecule has 102 valence electrons. The van der Waals surface area contributed by atoms with Crippen molar-refractivity contribution < 1.29 is 0 Å². The van der Waals surface area contributed by atoms with E-state index < -0.39 is 0 Å². The number of hydrogen-bond acceptors (Lipinski definition) is 2. The zero-order valence-corrected chi connectivity index (χ0v) is 12.2. The van der Waals surface area contributed by atoms with Crippen LogP contribution < -0.4 is 5.73 Å². The summed E-state index contributed by atoms with van der Waals surface area (Å²) in [6.45, 7) is 6.65. The summed E-state index contributed by atoms with van der Waals surface area (Å²) in [5, 5.41) is 0. The molecule has 2 N–H and O–H groups in total. The van der Waals surface area contributed by atoms with Crippen molar-refractivity contribution in [3.05, 3.63) is 53.6 Å². The molecule has 3 heteroatoms. The smallest absolute Gasteiger partial charge is 0.110 e. The Morgan fingerprint density at radius 3 is 2.32 bits per heavy atom. The van der Waals surface area contributed by atoms with Crippen molar-refractivity contribution in [2.45, 2.75) is 38.6 Å². The van der Waals surface area contributed by atoms with Gasteiger partial charge in [-0.1, -0.05) is 45.0 Å². The molecule has 0 fully saturated rings. The summed E-state index contributed by atoms with van der Waals surface area (Å²) >= 11 is 0. The van der Waals surface area contributed by atoms with Gasteiger partial charge in [0.2, 0.25) is 0 Å². The van der Waals surface area contributed by atoms with E-state index in [1.807, 2.05) is 24.0 Å². The molecule has 1 heterocycles. The SMILES string of the molecule is Cn1ccnc1CC(N)c1ccc(C(C)(C)C)cc1. The lowest BCUT2D eigenvalue weighted by atomic mass is 9.86. The summed E-state index contributed by atoms with van der Waals surface area (Å²) in [6.07, 6.45) is 4.52. The maximum absolute atomic E-state index is 6.26. The monoisotopic (exact) mass is 257 g/mol. The Morgan fingerprint density at radius 2 is 1.84 bits per heavy atom. The highest BCUT2D eigenvalue weighted by molar-refractivity contribution is 5.29. The highest BCUT2D eigenvalue weighted by Gasteiger charge is 2.15. The molecule has 0 amide bonds. The Balaban J connectivity index is 2.12. The third-order valence-corrected chi connectivity index (χ3v) is 3.53. The number of nitrogens with zero attached hydrogens (tertiary/aromatic N) is 2. The molecule has 0 aliphatic heterocycles. The highest BCUT2D eigenvalue weighted by atomic mass is 15.0. The van der Waals surface area contributed by atoms with E-state index in [0.717, 1.165) is 17.8 Å². The standard InChI is InChI=1S/C16H23N3/c1-16(2,3)13-7-5-12(6-8-13)14(17)11-15-18-9-10-19(15)4/h5-10,14H,11,17H2,1-4H3. The fourth-order valence-corrected chi connectivity index (χ4v) is 2.14. The lowest BCUT2D eigenvalue weighted by Gasteiger charge is -2.20. The Labute approximate surface area is 115 Å². The van der Waals surface area contributed by atoms with Crippen LogP contribution in [0.5, 0.6) is 0 Å². The van der Waals surface area contributed by atoms with Gasteiger partial charge in [-0.15, -0.1) is 0 Å². The van der Waals surface area contributed by atoms with Crippen molar-refractivity contribution in [2.75, 3.05) is 0 Å². The van der Waals surface area contributed by atoms with E-state index in [2.05, 4.69) is 50.0 Å². The van der Waals surface area contributed by atoms with E-state index in [0.29, 0.717) is 0 Å². The van der Waals surface area contributed by atoms with Crippen molar-refractivity contribution >= 4 is 0 Å². The van der Waals surface area contributed by atoms with E-state index in [1.54, 1.807) is 0 Å². The zero-order valence-electron chi connectivity index (χ0n) is 12.2. The molecule has 1 atom stereocenters. The Kier molecular flexibility index (Phi) is 3.76. The van der Waals surface area contributed by atoms with Gasteiger partial charge in [-0.25, -0.2) is 4.98 Å². The Morgan fingerprint density at radius 1 is 1.21 bits per heavy atom. The minimum atomic E-state index is -0.00452. The average Bonchev–Trinajstić information content (AvgIpc) is 2.74. The lowest BCUT2D eigenvalue weighted by Crippen LogP contribution is -2.16. The molecule has 0 radical (unpaired) electrons. The van der Waals surface area contributed by atoms with Gasteiger partial charge in [0, 0.05) is 31.9 Å². The van der Waals surface area contributed by atoms with Gasteiger partial charge in [0.25, 0.3) is 0 Å². The van der Waals surface area contributed by atoms with Gasteiger partial charge in [0.05, 0.1) is 0 Å². The van der Waals surface area contributed by atoms with Crippen LogP contribution in [0.3, 0.4) is 0 Å². The summed E-state index contributed by atoms with van der Waals surface area (Å²) in [6, 6.07) is 8.61. The molecule has 19 heavy (non-hydrogen) atoms. The fraction of sp³-hybridized carbons (Fsp3) is 0.438. The van der Waals surface area contributed by atoms with Crippen LogP contribution in [0.1, 0.15) is 43.8 Å².